The van der Waals surface area contributed by atoms with Gasteiger partial charge in [0.1, 0.15) is 0 Å². The van der Waals surface area contributed by atoms with Gasteiger partial charge in [-0.2, -0.15) is 0 Å². The summed E-state index contributed by atoms with van der Waals surface area (Å²) in [5.74, 6) is 0.159. The average Bonchev–Trinajstić information content (AvgIpc) is 2.11. The molecule has 6 nitrogen and oxygen atoms in total. The first-order valence-corrected chi connectivity index (χ1v) is 5.73. The van der Waals surface area contributed by atoms with Gasteiger partial charge in [0.15, 0.2) is 9.84 Å². The Morgan fingerprint density at radius 3 is 2.69 bits per heavy atom. The van der Waals surface area contributed by atoms with Crippen molar-refractivity contribution in [3.63, 3.8) is 0 Å². The zero-order valence-corrected chi connectivity index (χ0v) is 8.33. The van der Waals surface area contributed by atoms with E-state index in [1.807, 2.05) is 0 Å². The van der Waals surface area contributed by atoms with E-state index in [0.29, 0.717) is 0 Å². The van der Waals surface area contributed by atoms with E-state index in [4.69, 9.17) is 10.3 Å². The molecule has 0 saturated carbocycles. The number of azide groups is 1. The van der Waals surface area contributed by atoms with E-state index < -0.39 is 9.84 Å². The highest BCUT2D eigenvalue weighted by Crippen LogP contribution is 1.89. The molecule has 0 aliphatic heterocycles. The summed E-state index contributed by atoms with van der Waals surface area (Å²) in [5.41, 5.74) is 7.90. The van der Waals surface area contributed by atoms with Gasteiger partial charge >= 0.3 is 0 Å². The second-order valence-electron chi connectivity index (χ2n) is 2.30. The molecule has 0 aliphatic rings. The number of hydrogen-bond acceptors (Lipinski definition) is 4. The molecule has 0 aromatic rings. The summed E-state index contributed by atoms with van der Waals surface area (Å²) in [5, 5.41) is 3.23. The van der Waals surface area contributed by atoms with Gasteiger partial charge in [-0.25, -0.2) is 8.42 Å². The topological polar surface area (TPSA) is 92.1 Å². The second-order valence-corrected chi connectivity index (χ2v) is 4.78. The van der Waals surface area contributed by atoms with Crippen LogP contribution in [0.2, 0.25) is 0 Å². The van der Waals surface area contributed by atoms with Crippen molar-refractivity contribution in [2.75, 3.05) is 31.3 Å². The van der Waals surface area contributed by atoms with Gasteiger partial charge in [0.25, 0.3) is 0 Å². The van der Waals surface area contributed by atoms with Crippen LogP contribution < -0.4 is 0 Å². The molecule has 0 rings (SSSR count). The van der Waals surface area contributed by atoms with Crippen molar-refractivity contribution in [3.05, 3.63) is 10.4 Å². The Kier molecular flexibility index (Phi) is 6.30. The maximum Gasteiger partial charge on any atom is 0.152 e. The number of nitrogens with zero attached hydrogens (tertiary/aromatic N) is 3. The molecule has 13 heavy (non-hydrogen) atoms. The number of ether oxygens (including phenoxy) is 1. The lowest BCUT2D eigenvalue weighted by atomic mass is 10.7. The molecular formula is C6H13N3O3S. The minimum atomic E-state index is -2.94. The van der Waals surface area contributed by atoms with E-state index in [9.17, 15) is 8.42 Å². The van der Waals surface area contributed by atoms with Gasteiger partial charge in [0.05, 0.1) is 19.0 Å². The van der Waals surface area contributed by atoms with Crippen LogP contribution in [0.5, 0.6) is 0 Å². The van der Waals surface area contributed by atoms with Crippen LogP contribution >= 0.6 is 0 Å². The Morgan fingerprint density at radius 1 is 1.46 bits per heavy atom. The highest BCUT2D eigenvalue weighted by atomic mass is 32.2. The molecule has 0 unspecified atom stereocenters. The molecule has 0 amide bonds. The van der Waals surface area contributed by atoms with E-state index in [1.165, 1.54) is 0 Å². The highest BCUT2D eigenvalue weighted by molar-refractivity contribution is 7.91. The van der Waals surface area contributed by atoms with E-state index in [2.05, 4.69) is 10.0 Å². The Hall–Kier alpha value is -0.780. The molecule has 0 bridgehead atoms. The summed E-state index contributed by atoms with van der Waals surface area (Å²) in [4.78, 5) is 2.53. The molecule has 0 saturated heterocycles. The molecule has 0 N–H and O–H groups in total. The van der Waals surface area contributed by atoms with Crippen molar-refractivity contribution >= 4 is 9.84 Å². The summed E-state index contributed by atoms with van der Waals surface area (Å²) >= 11 is 0. The first-order valence-electron chi connectivity index (χ1n) is 3.91. The Bertz CT molecular complexity index is 269. The largest absolute Gasteiger partial charge is 0.380 e. The van der Waals surface area contributed by atoms with Crippen molar-refractivity contribution in [3.8, 4) is 0 Å². The van der Waals surface area contributed by atoms with Crippen LogP contribution in [0.25, 0.3) is 10.4 Å². The standard InChI is InChI=1S/C6H13N3O3S/c1-2-13(10,11)6-5-12-4-3-8-9-7/h2-6H2,1H3. The van der Waals surface area contributed by atoms with E-state index in [-0.39, 0.29) is 31.3 Å². The highest BCUT2D eigenvalue weighted by Gasteiger charge is 2.05. The fraction of sp³-hybridized carbons (Fsp3) is 1.00. The van der Waals surface area contributed by atoms with Gasteiger partial charge in [-0.1, -0.05) is 12.0 Å². The summed E-state index contributed by atoms with van der Waals surface area (Å²) < 4.78 is 26.8. The van der Waals surface area contributed by atoms with Crippen LogP contribution in [0.4, 0.5) is 0 Å². The van der Waals surface area contributed by atoms with Crippen molar-refractivity contribution in [1.29, 1.82) is 0 Å². The van der Waals surface area contributed by atoms with E-state index in [1.54, 1.807) is 6.92 Å². The predicted molar refractivity (Wildman–Crippen MR) is 49.2 cm³/mol. The molecule has 0 heterocycles. The first-order chi connectivity index (χ1) is 6.12. The van der Waals surface area contributed by atoms with E-state index >= 15 is 0 Å². The molecule has 0 fully saturated rings. The third-order valence-electron chi connectivity index (χ3n) is 1.38. The quantitative estimate of drug-likeness (QED) is 0.267. The summed E-state index contributed by atoms with van der Waals surface area (Å²) in [6.07, 6.45) is 0. The first kappa shape index (κ1) is 12.2. The zero-order chi connectivity index (χ0) is 10.2. The van der Waals surface area contributed by atoms with Crippen LogP contribution in [-0.2, 0) is 14.6 Å². The third kappa shape index (κ3) is 7.58. The molecular weight excluding hydrogens is 194 g/mol. The fourth-order valence-electron chi connectivity index (χ4n) is 0.582. The molecule has 76 valence electrons. The van der Waals surface area contributed by atoms with Gasteiger partial charge in [0, 0.05) is 17.2 Å². The second kappa shape index (κ2) is 6.71. The molecule has 0 aromatic carbocycles. The Morgan fingerprint density at radius 2 is 2.15 bits per heavy atom. The zero-order valence-electron chi connectivity index (χ0n) is 7.51. The van der Waals surface area contributed by atoms with Gasteiger partial charge < -0.3 is 4.74 Å². The van der Waals surface area contributed by atoms with Crippen LogP contribution in [0, 0.1) is 0 Å². The lowest BCUT2D eigenvalue weighted by Crippen LogP contribution is -2.14. The van der Waals surface area contributed by atoms with Crippen molar-refractivity contribution in [2.45, 2.75) is 6.92 Å². The predicted octanol–water partition coefficient (Wildman–Crippen LogP) is 0.748. The van der Waals surface area contributed by atoms with Gasteiger partial charge in [-0.15, -0.1) is 0 Å². The normalized spacial score (nSPS) is 10.8. The van der Waals surface area contributed by atoms with Crippen molar-refractivity contribution in [2.24, 2.45) is 5.11 Å². The molecule has 0 atom stereocenters. The third-order valence-corrected chi connectivity index (χ3v) is 3.05. The van der Waals surface area contributed by atoms with Crippen molar-refractivity contribution in [1.82, 2.24) is 0 Å². The SMILES string of the molecule is CCS(=O)(=O)CCOCCN=[N+]=[N-]. The summed E-state index contributed by atoms with van der Waals surface area (Å²) in [6, 6.07) is 0. The lowest BCUT2D eigenvalue weighted by Gasteiger charge is -2.01. The Balaban J connectivity index is 3.41. The average molecular weight is 207 g/mol. The maximum absolute atomic E-state index is 10.9. The fourth-order valence-corrected chi connectivity index (χ4v) is 1.24. The maximum atomic E-state index is 10.9. The Labute approximate surface area is 77.4 Å². The molecule has 0 radical (unpaired) electrons. The van der Waals surface area contributed by atoms with Gasteiger partial charge in [-0.3, -0.25) is 0 Å². The minimum Gasteiger partial charge on any atom is -0.380 e. The number of sulfone groups is 1. The monoisotopic (exact) mass is 207 g/mol. The van der Waals surface area contributed by atoms with Crippen LogP contribution in [0.1, 0.15) is 6.92 Å². The number of hydrogen-bond donors (Lipinski definition) is 0. The molecule has 7 heteroatoms. The molecule has 0 aliphatic carbocycles. The summed E-state index contributed by atoms with van der Waals surface area (Å²) in [6.45, 7) is 2.26. The van der Waals surface area contributed by atoms with Crippen LogP contribution in [0.15, 0.2) is 5.11 Å². The smallest absolute Gasteiger partial charge is 0.152 e. The van der Waals surface area contributed by atoms with Crippen molar-refractivity contribution < 1.29 is 13.2 Å². The molecule has 0 spiro atoms. The summed E-state index contributed by atoms with van der Waals surface area (Å²) in [7, 11) is -2.94. The number of rotatable bonds is 7. The van der Waals surface area contributed by atoms with Crippen LogP contribution in [0.3, 0.4) is 0 Å². The molecule has 0 aromatic heterocycles. The van der Waals surface area contributed by atoms with Crippen LogP contribution in [-0.4, -0.2) is 39.7 Å². The van der Waals surface area contributed by atoms with Gasteiger partial charge in [-0.05, 0) is 5.53 Å². The van der Waals surface area contributed by atoms with Gasteiger partial charge in [0.2, 0.25) is 0 Å². The van der Waals surface area contributed by atoms with E-state index in [0.717, 1.165) is 0 Å². The minimum absolute atomic E-state index is 0.0275. The lowest BCUT2D eigenvalue weighted by molar-refractivity contribution is 0.157.